The van der Waals surface area contributed by atoms with Gasteiger partial charge in [-0.3, -0.25) is 0 Å². The summed E-state index contributed by atoms with van der Waals surface area (Å²) in [6.07, 6.45) is 5.33. The van der Waals surface area contributed by atoms with E-state index in [4.69, 9.17) is 4.98 Å². The van der Waals surface area contributed by atoms with Gasteiger partial charge in [0.2, 0.25) is 0 Å². The van der Waals surface area contributed by atoms with E-state index < -0.39 is 8.07 Å². The van der Waals surface area contributed by atoms with Crippen LogP contribution < -0.4 is 20.2 Å². The molecule has 0 radical (unpaired) electrons. The van der Waals surface area contributed by atoms with Crippen molar-refractivity contribution in [3.63, 3.8) is 0 Å². The van der Waals surface area contributed by atoms with Gasteiger partial charge >= 0.3 is 0 Å². The number of aromatic nitrogens is 4. The third-order valence-electron chi connectivity index (χ3n) is 8.30. The van der Waals surface area contributed by atoms with E-state index in [-0.39, 0.29) is 26.5 Å². The number of hydrogen-bond donors (Lipinski definition) is 0. The summed E-state index contributed by atoms with van der Waals surface area (Å²) in [5, 5.41) is 4.85. The van der Waals surface area contributed by atoms with Crippen LogP contribution in [0.2, 0.25) is 13.1 Å². The summed E-state index contributed by atoms with van der Waals surface area (Å²) < 4.78 is 2.24. The van der Waals surface area contributed by atoms with Crippen molar-refractivity contribution in [2.45, 2.75) is 39.3 Å². The van der Waals surface area contributed by atoms with Crippen molar-refractivity contribution in [1.82, 2.24) is 19.5 Å². The van der Waals surface area contributed by atoms with Crippen molar-refractivity contribution in [3.05, 3.63) is 110 Å². The summed E-state index contributed by atoms with van der Waals surface area (Å²) in [6.45, 7) is 13.6. The normalized spacial score (nSPS) is 13.4. The molecule has 0 saturated heterocycles. The van der Waals surface area contributed by atoms with Gasteiger partial charge in [-0.15, -0.1) is 23.8 Å². The first-order valence-corrected chi connectivity index (χ1v) is 17.3. The minimum Gasteiger partial charge on any atom is -0.487 e. The van der Waals surface area contributed by atoms with Gasteiger partial charge in [-0.05, 0) is 36.0 Å². The molecular weight excluding hydrogens is 728 g/mol. The van der Waals surface area contributed by atoms with Crippen molar-refractivity contribution in [2.75, 3.05) is 16.8 Å². The van der Waals surface area contributed by atoms with Crippen molar-refractivity contribution < 1.29 is 21.1 Å². The van der Waals surface area contributed by atoms with E-state index in [0.29, 0.717) is 0 Å². The molecule has 0 unspecified atom stereocenters. The van der Waals surface area contributed by atoms with Gasteiger partial charge in [0, 0.05) is 45.2 Å². The molecule has 0 aliphatic carbocycles. The van der Waals surface area contributed by atoms with Crippen LogP contribution in [-0.4, -0.2) is 34.6 Å². The standard InChI is InChI=1S/C35H33N6Si.Pt/c1-35(2,3)24-19-25(40-23-39(4)33-34(40)38-18-17-37-33)21-27(20-24)42(5,6)26-14-15-29-28-11-7-8-12-30(28)41(31(29)22-26)32-13-9-10-16-36-32;/h7-20,23H,1-6H3;/q-3;. The Balaban J connectivity index is 0.00000329. The second-order valence-electron chi connectivity index (χ2n) is 12.5. The zero-order valence-corrected chi connectivity index (χ0v) is 28.4. The quantitative estimate of drug-likeness (QED) is 0.154. The number of anilines is 3. The van der Waals surface area contributed by atoms with Gasteiger partial charge in [0.05, 0.1) is 8.07 Å². The number of hydrogen-bond acceptors (Lipinski definition) is 5. The minimum absolute atomic E-state index is 0. The smallest absolute Gasteiger partial charge is 0.143 e. The second-order valence-corrected chi connectivity index (χ2v) is 16.8. The van der Waals surface area contributed by atoms with E-state index >= 15 is 0 Å². The average molecular weight is 761 g/mol. The summed E-state index contributed by atoms with van der Waals surface area (Å²) >= 11 is 0. The summed E-state index contributed by atoms with van der Waals surface area (Å²) in [5.74, 6) is 2.56. The molecule has 3 aromatic heterocycles. The Morgan fingerprint density at radius 1 is 0.767 bits per heavy atom. The van der Waals surface area contributed by atoms with Crippen LogP contribution in [0, 0.1) is 18.8 Å². The molecule has 6 nitrogen and oxygen atoms in total. The van der Waals surface area contributed by atoms with E-state index in [1.165, 1.54) is 26.7 Å². The maximum Gasteiger partial charge on any atom is 0.143 e. The van der Waals surface area contributed by atoms with E-state index in [1.54, 1.807) is 12.4 Å². The topological polar surface area (TPSA) is 50.1 Å². The largest absolute Gasteiger partial charge is 0.487 e. The van der Waals surface area contributed by atoms with Crippen molar-refractivity contribution in [1.29, 1.82) is 0 Å². The van der Waals surface area contributed by atoms with Crippen LogP contribution in [0.1, 0.15) is 26.3 Å². The molecule has 4 heterocycles. The number of para-hydroxylation sites is 1. The summed E-state index contributed by atoms with van der Waals surface area (Å²) in [6, 6.07) is 31.5. The Kier molecular flexibility index (Phi) is 7.30. The van der Waals surface area contributed by atoms with Crippen LogP contribution in [-0.2, 0) is 26.5 Å². The van der Waals surface area contributed by atoms with E-state index in [0.717, 1.165) is 34.2 Å². The second kappa shape index (κ2) is 10.7. The molecule has 220 valence electrons. The predicted octanol–water partition coefficient (Wildman–Crippen LogP) is 6.39. The fourth-order valence-corrected chi connectivity index (χ4v) is 7.96. The van der Waals surface area contributed by atoms with E-state index in [1.807, 2.05) is 36.9 Å². The zero-order valence-electron chi connectivity index (χ0n) is 25.2. The predicted molar refractivity (Wildman–Crippen MR) is 175 cm³/mol. The average Bonchev–Trinajstić information content (AvgIpc) is 3.51. The van der Waals surface area contributed by atoms with Crippen LogP contribution in [0.25, 0.3) is 27.6 Å². The fourth-order valence-electron chi connectivity index (χ4n) is 5.78. The Bertz CT molecular complexity index is 1960. The van der Waals surface area contributed by atoms with Gasteiger partial charge in [-0.2, -0.15) is 46.3 Å². The van der Waals surface area contributed by atoms with Crippen molar-refractivity contribution in [2.24, 2.45) is 0 Å². The van der Waals surface area contributed by atoms with Gasteiger partial charge in [0.1, 0.15) is 17.5 Å². The van der Waals surface area contributed by atoms with Gasteiger partial charge < -0.3 is 14.4 Å². The first kappa shape index (κ1) is 29.3. The van der Waals surface area contributed by atoms with Crippen LogP contribution >= 0.6 is 0 Å². The Labute approximate surface area is 268 Å². The number of pyridine rings is 1. The van der Waals surface area contributed by atoms with E-state index in [2.05, 4.69) is 120 Å². The molecule has 8 heteroatoms. The Morgan fingerprint density at radius 3 is 2.26 bits per heavy atom. The summed E-state index contributed by atoms with van der Waals surface area (Å²) in [4.78, 5) is 18.1. The molecule has 0 N–H and O–H groups in total. The SMILES string of the molecule is CN1[CH-]N(c2[c-]c([Si](C)(C)c3[c-]c4c(cc3)c3ccccc3n4-c3ccccn3)cc(C(C)(C)C)c2)c2nccnc21.[Pt]. The maximum absolute atomic E-state index is 4.71. The molecule has 0 fully saturated rings. The third-order valence-corrected chi connectivity index (χ3v) is 11.6. The van der Waals surface area contributed by atoms with Crippen molar-refractivity contribution in [3.8, 4) is 5.82 Å². The monoisotopic (exact) mass is 760 g/mol. The summed E-state index contributed by atoms with van der Waals surface area (Å²) in [7, 11) is -0.276. The molecule has 0 amide bonds. The molecular formula is C35H33N6PtSi-3. The van der Waals surface area contributed by atoms with Gasteiger partial charge in [0.25, 0.3) is 0 Å². The zero-order chi connectivity index (χ0) is 29.2. The maximum atomic E-state index is 4.71. The first-order valence-electron chi connectivity index (χ1n) is 14.3. The summed E-state index contributed by atoms with van der Waals surface area (Å²) in [5.41, 5.74) is 4.39. The van der Waals surface area contributed by atoms with Crippen LogP contribution in [0.5, 0.6) is 0 Å². The van der Waals surface area contributed by atoms with Crippen LogP contribution in [0.15, 0.2) is 85.3 Å². The number of nitrogens with zero attached hydrogens (tertiary/aromatic N) is 6. The fraction of sp³-hybridized carbons (Fsp3) is 0.200. The molecule has 0 spiro atoms. The number of rotatable bonds is 4. The molecule has 0 bridgehead atoms. The number of benzene rings is 3. The van der Waals surface area contributed by atoms with Gasteiger partial charge in [-0.25, -0.2) is 15.0 Å². The molecule has 7 rings (SSSR count). The minimum atomic E-state index is -2.28. The van der Waals surface area contributed by atoms with Crippen LogP contribution in [0.4, 0.5) is 17.3 Å². The third kappa shape index (κ3) is 4.89. The molecule has 3 aromatic carbocycles. The van der Waals surface area contributed by atoms with Gasteiger partial charge in [0.15, 0.2) is 0 Å². The van der Waals surface area contributed by atoms with Crippen molar-refractivity contribution >= 4 is 57.6 Å². The van der Waals surface area contributed by atoms with Crippen LogP contribution in [0.3, 0.4) is 0 Å². The molecule has 6 aromatic rings. The number of fused-ring (bicyclic) bond motifs is 4. The Hall–Kier alpha value is -3.80. The first-order chi connectivity index (χ1) is 20.1. The molecule has 1 aliphatic heterocycles. The Morgan fingerprint density at radius 2 is 1.51 bits per heavy atom. The molecule has 1 aliphatic rings. The molecule has 0 atom stereocenters. The molecule has 43 heavy (non-hydrogen) atoms. The molecule has 0 saturated carbocycles. The van der Waals surface area contributed by atoms with Gasteiger partial charge in [-0.1, -0.05) is 63.6 Å². The van der Waals surface area contributed by atoms with E-state index in [9.17, 15) is 0 Å².